The van der Waals surface area contributed by atoms with Crippen LogP contribution in [0, 0.1) is 0 Å². The van der Waals surface area contributed by atoms with Crippen LogP contribution in [0.4, 0.5) is 5.13 Å². The first-order valence-electron chi connectivity index (χ1n) is 9.85. The van der Waals surface area contributed by atoms with Crippen molar-refractivity contribution in [2.45, 2.75) is 15.5 Å². The van der Waals surface area contributed by atoms with Crippen LogP contribution in [0.2, 0.25) is 0 Å². The number of thiazole rings is 1. The second kappa shape index (κ2) is 9.50. The fourth-order valence-corrected chi connectivity index (χ4v) is 7.06. The minimum Gasteiger partial charge on any atom is -0.378 e. The van der Waals surface area contributed by atoms with Gasteiger partial charge in [0.1, 0.15) is 4.21 Å². The summed E-state index contributed by atoms with van der Waals surface area (Å²) in [6.45, 7) is 2.11. The van der Waals surface area contributed by atoms with Crippen LogP contribution in [0.1, 0.15) is 5.69 Å². The number of morpholine rings is 1. The van der Waals surface area contributed by atoms with E-state index < -0.39 is 19.9 Å². The molecule has 0 aliphatic carbocycles. The maximum Gasteiger partial charge on any atom is 0.263 e. The van der Waals surface area contributed by atoms with Gasteiger partial charge in [-0.05, 0) is 29.8 Å². The predicted octanol–water partition coefficient (Wildman–Crippen LogP) is 2.48. The van der Waals surface area contributed by atoms with E-state index >= 15 is 0 Å². The van der Waals surface area contributed by atoms with Crippen molar-refractivity contribution in [2.75, 3.05) is 37.3 Å². The summed E-state index contributed by atoms with van der Waals surface area (Å²) in [6.07, 6.45) is 1.25. The van der Waals surface area contributed by atoms with Gasteiger partial charge >= 0.3 is 0 Å². The van der Waals surface area contributed by atoms with Crippen LogP contribution >= 0.6 is 22.7 Å². The van der Waals surface area contributed by atoms with E-state index in [2.05, 4.69) is 9.71 Å². The molecule has 3 aromatic rings. The van der Waals surface area contributed by atoms with Gasteiger partial charge in [-0.25, -0.2) is 21.8 Å². The molecule has 1 aliphatic rings. The van der Waals surface area contributed by atoms with Crippen molar-refractivity contribution < 1.29 is 26.4 Å². The number of nitrogens with one attached hydrogen (secondary N) is 1. The summed E-state index contributed by atoms with van der Waals surface area (Å²) in [7, 11) is -7.16. The average molecular weight is 528 g/mol. The van der Waals surface area contributed by atoms with E-state index in [1.54, 1.807) is 28.5 Å². The van der Waals surface area contributed by atoms with E-state index in [0.29, 0.717) is 37.6 Å². The Labute approximate surface area is 200 Å². The normalized spacial score (nSPS) is 14.9. The first kappa shape index (κ1) is 23.8. The van der Waals surface area contributed by atoms with Crippen LogP contribution < -0.4 is 4.72 Å². The molecule has 3 heterocycles. The monoisotopic (exact) mass is 527 g/mol. The molecular formula is C20H21N3O6S4. The Hall–Kier alpha value is -2.32. The van der Waals surface area contributed by atoms with Crippen LogP contribution in [0.3, 0.4) is 0 Å². The molecule has 1 aliphatic heterocycles. The van der Waals surface area contributed by atoms with Gasteiger partial charge in [0.05, 0.1) is 30.2 Å². The number of sulfone groups is 1. The summed E-state index contributed by atoms with van der Waals surface area (Å²) in [5.74, 6) is -0.0683. The van der Waals surface area contributed by atoms with E-state index in [9.17, 15) is 21.6 Å². The molecule has 9 nitrogen and oxygen atoms in total. The Morgan fingerprint density at radius 1 is 1.09 bits per heavy atom. The van der Waals surface area contributed by atoms with Crippen LogP contribution in [-0.2, 0) is 35.8 Å². The standard InChI is InChI=1S/C20H21N3O6S4/c1-32(25,26)19-7-6-17(31-19)14-2-4-16(5-3-14)33(27,28)22-20-21-15(13-30-20)12-18(24)23-8-10-29-11-9-23/h2-7,13H,8-12H2,1H3,(H,21,22). The number of aromatic nitrogens is 1. The number of rotatable bonds is 7. The molecule has 1 N–H and O–H groups in total. The number of hydrogen-bond acceptors (Lipinski definition) is 9. The predicted molar refractivity (Wildman–Crippen MR) is 127 cm³/mol. The Bertz CT molecular complexity index is 1350. The van der Waals surface area contributed by atoms with Crippen molar-refractivity contribution >= 4 is 53.6 Å². The summed E-state index contributed by atoms with van der Waals surface area (Å²) < 4.78 is 56.8. The number of hydrogen-bond donors (Lipinski definition) is 1. The molecule has 33 heavy (non-hydrogen) atoms. The van der Waals surface area contributed by atoms with Crippen molar-refractivity contribution in [3.8, 4) is 10.4 Å². The van der Waals surface area contributed by atoms with Gasteiger partial charge < -0.3 is 9.64 Å². The Kier molecular flexibility index (Phi) is 6.86. The molecule has 0 atom stereocenters. The fourth-order valence-electron chi connectivity index (χ4n) is 3.16. The molecule has 0 radical (unpaired) electrons. The summed E-state index contributed by atoms with van der Waals surface area (Å²) in [5, 5.41) is 1.84. The summed E-state index contributed by atoms with van der Waals surface area (Å²) in [4.78, 5) is 19.1. The summed E-state index contributed by atoms with van der Waals surface area (Å²) in [6, 6.07) is 9.38. The highest BCUT2D eigenvalue weighted by Gasteiger charge is 2.20. The first-order chi connectivity index (χ1) is 15.6. The molecular weight excluding hydrogens is 507 g/mol. The number of thiophene rings is 1. The smallest absolute Gasteiger partial charge is 0.263 e. The number of sulfonamides is 1. The topological polar surface area (TPSA) is 123 Å². The van der Waals surface area contributed by atoms with Gasteiger partial charge in [-0.15, -0.1) is 22.7 Å². The minimum atomic E-state index is -3.87. The highest BCUT2D eigenvalue weighted by Crippen LogP contribution is 2.31. The van der Waals surface area contributed by atoms with Crippen LogP contribution in [-0.4, -0.2) is 65.2 Å². The average Bonchev–Trinajstić information content (AvgIpc) is 3.44. The van der Waals surface area contributed by atoms with Crippen LogP contribution in [0.15, 0.2) is 50.9 Å². The van der Waals surface area contributed by atoms with Gasteiger partial charge in [0.2, 0.25) is 5.91 Å². The van der Waals surface area contributed by atoms with E-state index in [1.165, 1.54) is 18.2 Å². The lowest BCUT2D eigenvalue weighted by Crippen LogP contribution is -2.41. The largest absolute Gasteiger partial charge is 0.378 e. The third kappa shape index (κ3) is 5.79. The molecule has 4 rings (SSSR count). The summed E-state index contributed by atoms with van der Waals surface area (Å²) in [5.41, 5.74) is 1.22. The molecule has 1 fully saturated rings. The number of benzene rings is 1. The highest BCUT2D eigenvalue weighted by molar-refractivity contribution is 7.93. The zero-order valence-corrected chi connectivity index (χ0v) is 20.8. The third-order valence-electron chi connectivity index (χ3n) is 4.87. The maximum absolute atomic E-state index is 12.8. The molecule has 13 heteroatoms. The number of amides is 1. The van der Waals surface area contributed by atoms with E-state index in [0.717, 1.165) is 33.8 Å². The van der Waals surface area contributed by atoms with Gasteiger partial charge in [0.15, 0.2) is 15.0 Å². The van der Waals surface area contributed by atoms with Gasteiger partial charge in [0, 0.05) is 29.6 Å². The molecule has 2 aromatic heterocycles. The number of carbonyl (C=O) groups excluding carboxylic acids is 1. The lowest BCUT2D eigenvalue weighted by atomic mass is 10.2. The molecule has 1 aromatic carbocycles. The molecule has 0 spiro atoms. The van der Waals surface area contributed by atoms with Gasteiger partial charge in [-0.2, -0.15) is 0 Å². The third-order valence-corrected chi connectivity index (χ3v) is 10.1. The van der Waals surface area contributed by atoms with Crippen LogP contribution in [0.5, 0.6) is 0 Å². The number of ether oxygens (including phenoxy) is 1. The number of carbonyl (C=O) groups is 1. The molecule has 1 amide bonds. The minimum absolute atomic E-state index is 0.0484. The summed E-state index contributed by atoms with van der Waals surface area (Å²) >= 11 is 2.24. The zero-order chi connectivity index (χ0) is 23.6. The van der Waals surface area contributed by atoms with Crippen LogP contribution in [0.25, 0.3) is 10.4 Å². The molecule has 0 unspecified atom stereocenters. The molecule has 0 bridgehead atoms. The van der Waals surface area contributed by atoms with Crippen molar-refractivity contribution in [3.05, 3.63) is 47.5 Å². The quantitative estimate of drug-likeness (QED) is 0.501. The van der Waals surface area contributed by atoms with Gasteiger partial charge in [-0.1, -0.05) is 12.1 Å². The van der Waals surface area contributed by atoms with Crippen molar-refractivity contribution in [1.29, 1.82) is 0 Å². The number of anilines is 1. The van der Waals surface area contributed by atoms with E-state index in [-0.39, 0.29) is 26.6 Å². The highest BCUT2D eigenvalue weighted by atomic mass is 32.2. The lowest BCUT2D eigenvalue weighted by Gasteiger charge is -2.26. The first-order valence-corrected chi connectivity index (χ1v) is 14.9. The van der Waals surface area contributed by atoms with E-state index in [1.807, 2.05) is 0 Å². The second-order valence-corrected chi connectivity index (χ2v) is 13.2. The Morgan fingerprint density at radius 2 is 1.79 bits per heavy atom. The SMILES string of the molecule is CS(=O)(=O)c1ccc(-c2ccc(S(=O)(=O)Nc3nc(CC(=O)N4CCOCC4)cs3)cc2)s1. The maximum atomic E-state index is 12.8. The fraction of sp³-hybridized carbons (Fsp3) is 0.300. The van der Waals surface area contributed by atoms with E-state index in [4.69, 9.17) is 4.74 Å². The van der Waals surface area contributed by atoms with Crippen molar-refractivity contribution in [3.63, 3.8) is 0 Å². The van der Waals surface area contributed by atoms with Crippen molar-refractivity contribution in [2.24, 2.45) is 0 Å². The molecule has 0 saturated carbocycles. The van der Waals surface area contributed by atoms with Gasteiger partial charge in [-0.3, -0.25) is 9.52 Å². The number of nitrogens with zero attached hydrogens (tertiary/aromatic N) is 2. The molecule has 1 saturated heterocycles. The van der Waals surface area contributed by atoms with Crippen molar-refractivity contribution in [1.82, 2.24) is 9.88 Å². The Morgan fingerprint density at radius 3 is 2.42 bits per heavy atom. The Balaban J connectivity index is 1.42. The molecule has 176 valence electrons. The second-order valence-electron chi connectivity index (χ2n) is 7.33. The zero-order valence-electron chi connectivity index (χ0n) is 17.6. The van der Waals surface area contributed by atoms with Gasteiger partial charge in [0.25, 0.3) is 10.0 Å². The lowest BCUT2D eigenvalue weighted by molar-refractivity contribution is -0.134.